The Morgan fingerprint density at radius 3 is 2.57 bits per heavy atom. The van der Waals surface area contributed by atoms with E-state index in [1.54, 1.807) is 16.9 Å². The number of aliphatic hydroxyl groups excluding tert-OH is 1. The number of carbonyl (C=O) groups is 2. The van der Waals surface area contributed by atoms with Crippen molar-refractivity contribution >= 4 is 11.8 Å². The third kappa shape index (κ3) is 3.16. The van der Waals surface area contributed by atoms with Crippen LogP contribution in [0.3, 0.4) is 0 Å². The zero-order chi connectivity index (χ0) is 20.8. The minimum Gasteiger partial charge on any atom is -0.497 e. The van der Waals surface area contributed by atoms with Crippen LogP contribution in [-0.4, -0.2) is 65.6 Å². The van der Waals surface area contributed by atoms with E-state index in [0.717, 1.165) is 35.3 Å². The van der Waals surface area contributed by atoms with E-state index in [1.807, 2.05) is 24.3 Å². The van der Waals surface area contributed by atoms with Crippen molar-refractivity contribution in [2.75, 3.05) is 26.8 Å². The van der Waals surface area contributed by atoms with Crippen LogP contribution in [-0.2, 0) is 9.59 Å². The van der Waals surface area contributed by atoms with Crippen molar-refractivity contribution in [2.24, 2.45) is 5.92 Å². The van der Waals surface area contributed by atoms with E-state index < -0.39 is 0 Å². The van der Waals surface area contributed by atoms with E-state index in [2.05, 4.69) is 24.3 Å². The summed E-state index contributed by atoms with van der Waals surface area (Å²) in [6, 6.07) is 15.9. The topological polar surface area (TPSA) is 70.1 Å². The first-order valence-corrected chi connectivity index (χ1v) is 10.6. The number of carbonyl (C=O) groups excluding carboxylic acids is 2. The number of fused-ring (bicyclic) bond motifs is 1. The number of benzene rings is 2. The van der Waals surface area contributed by atoms with Crippen LogP contribution in [0.2, 0.25) is 0 Å². The van der Waals surface area contributed by atoms with E-state index >= 15 is 0 Å². The minimum absolute atomic E-state index is 0.0353. The minimum atomic E-state index is -0.219. The third-order valence-electron chi connectivity index (χ3n) is 6.69. The van der Waals surface area contributed by atoms with Gasteiger partial charge in [-0.15, -0.1) is 0 Å². The Hall–Kier alpha value is -2.86. The lowest BCUT2D eigenvalue weighted by Crippen LogP contribution is -2.73. The van der Waals surface area contributed by atoms with Crippen LogP contribution < -0.4 is 4.74 Å². The molecule has 2 aromatic rings. The molecule has 3 atom stereocenters. The Morgan fingerprint density at radius 2 is 1.90 bits per heavy atom. The van der Waals surface area contributed by atoms with Gasteiger partial charge in [0.25, 0.3) is 0 Å². The number of hydrogen-bond donors (Lipinski definition) is 1. The Balaban J connectivity index is 1.38. The summed E-state index contributed by atoms with van der Waals surface area (Å²) in [6.45, 7) is 0.630. The highest BCUT2D eigenvalue weighted by molar-refractivity contribution is 5.89. The number of piperazine rings is 1. The highest BCUT2D eigenvalue weighted by Gasteiger charge is 2.55. The molecule has 0 unspecified atom stereocenters. The molecule has 1 saturated carbocycles. The van der Waals surface area contributed by atoms with Gasteiger partial charge in [0.1, 0.15) is 5.75 Å². The molecule has 1 aliphatic carbocycles. The fourth-order valence-electron chi connectivity index (χ4n) is 4.96. The normalized spacial score (nSPS) is 25.5. The van der Waals surface area contributed by atoms with Gasteiger partial charge in [-0.05, 0) is 41.7 Å². The second-order valence-corrected chi connectivity index (χ2v) is 8.49. The highest BCUT2D eigenvalue weighted by Crippen LogP contribution is 2.44. The Morgan fingerprint density at radius 1 is 1.13 bits per heavy atom. The quantitative estimate of drug-likeness (QED) is 0.827. The summed E-state index contributed by atoms with van der Waals surface area (Å²) >= 11 is 0. The van der Waals surface area contributed by atoms with Crippen molar-refractivity contribution in [1.29, 1.82) is 0 Å². The molecule has 30 heavy (non-hydrogen) atoms. The largest absolute Gasteiger partial charge is 0.497 e. The molecule has 6 heteroatoms. The molecule has 2 saturated heterocycles. The van der Waals surface area contributed by atoms with Crippen LogP contribution in [0, 0.1) is 5.92 Å². The van der Waals surface area contributed by atoms with Gasteiger partial charge in [0, 0.05) is 18.4 Å². The number of ether oxygens (including phenoxy) is 1. The molecule has 3 fully saturated rings. The average molecular weight is 406 g/mol. The van der Waals surface area contributed by atoms with E-state index in [1.165, 1.54) is 0 Å². The first-order valence-electron chi connectivity index (χ1n) is 10.6. The van der Waals surface area contributed by atoms with Gasteiger partial charge in [-0.2, -0.15) is 0 Å². The molecule has 3 aliphatic rings. The van der Waals surface area contributed by atoms with Gasteiger partial charge >= 0.3 is 0 Å². The molecule has 2 aromatic carbocycles. The van der Waals surface area contributed by atoms with Crippen LogP contribution in [0.5, 0.6) is 5.75 Å². The van der Waals surface area contributed by atoms with Gasteiger partial charge < -0.3 is 19.6 Å². The maximum Gasteiger partial charge on any atom is 0.242 e. The van der Waals surface area contributed by atoms with Gasteiger partial charge in [0.2, 0.25) is 11.8 Å². The van der Waals surface area contributed by atoms with E-state index in [9.17, 15) is 14.7 Å². The van der Waals surface area contributed by atoms with Gasteiger partial charge in [-0.25, -0.2) is 0 Å². The average Bonchev–Trinajstić information content (AvgIpc) is 3.60. The molecule has 2 aliphatic heterocycles. The number of methoxy groups -OCH3 is 1. The number of nitrogens with zero attached hydrogens (tertiary/aromatic N) is 2. The molecule has 0 radical (unpaired) electrons. The molecule has 156 valence electrons. The Kier molecular flexibility index (Phi) is 4.74. The van der Waals surface area contributed by atoms with E-state index in [4.69, 9.17) is 4.74 Å². The molecular weight excluding hydrogens is 380 g/mol. The smallest absolute Gasteiger partial charge is 0.242 e. The van der Waals surface area contributed by atoms with Crippen molar-refractivity contribution in [3.8, 4) is 16.9 Å². The molecule has 6 nitrogen and oxygen atoms in total. The standard InChI is InChI=1S/C24H26N2O4/c1-30-19-4-2-3-18(11-19)15-5-7-16(8-6-15)23-20-12-25(24(29)17-9-10-17)13-22(28)26(20)21(23)14-27/h2-8,11,17,20-21,23,27H,9-10,12-14H2,1H3/t20-,21-,23+/m1/s1. The summed E-state index contributed by atoms with van der Waals surface area (Å²) in [5.74, 6) is 1.02. The van der Waals surface area contributed by atoms with Crippen LogP contribution >= 0.6 is 0 Å². The van der Waals surface area contributed by atoms with Crippen molar-refractivity contribution in [1.82, 2.24) is 9.80 Å². The fraction of sp³-hybridized carbons (Fsp3) is 0.417. The molecule has 2 amide bonds. The van der Waals surface area contributed by atoms with Gasteiger partial charge in [-0.1, -0.05) is 36.4 Å². The number of amides is 2. The summed E-state index contributed by atoms with van der Waals surface area (Å²) in [5, 5.41) is 9.95. The Bertz CT molecular complexity index is 969. The lowest BCUT2D eigenvalue weighted by Gasteiger charge is -2.58. The zero-order valence-electron chi connectivity index (χ0n) is 17.0. The van der Waals surface area contributed by atoms with Crippen LogP contribution in [0.1, 0.15) is 24.3 Å². The second kappa shape index (κ2) is 7.43. The zero-order valence-corrected chi connectivity index (χ0v) is 17.0. The van der Waals surface area contributed by atoms with Crippen molar-refractivity contribution in [3.05, 3.63) is 54.1 Å². The first kappa shape index (κ1) is 19.1. The molecule has 5 rings (SSSR count). The van der Waals surface area contributed by atoms with E-state index in [-0.39, 0.29) is 48.9 Å². The SMILES string of the molecule is COc1cccc(-c2ccc([C@@H]3[C@@H](CO)N4C(=O)CN(C(=O)C5CC5)C[C@H]34)cc2)c1. The van der Waals surface area contributed by atoms with Crippen LogP contribution in [0.4, 0.5) is 0 Å². The van der Waals surface area contributed by atoms with E-state index in [0.29, 0.717) is 6.54 Å². The molecule has 0 bridgehead atoms. The lowest BCUT2D eigenvalue weighted by molar-refractivity contribution is -0.167. The first-order chi connectivity index (χ1) is 14.6. The number of rotatable bonds is 5. The fourth-order valence-corrected chi connectivity index (χ4v) is 4.96. The van der Waals surface area contributed by atoms with Gasteiger partial charge in [-0.3, -0.25) is 9.59 Å². The second-order valence-electron chi connectivity index (χ2n) is 8.49. The van der Waals surface area contributed by atoms with Crippen molar-refractivity contribution in [2.45, 2.75) is 30.8 Å². The number of hydrogen-bond acceptors (Lipinski definition) is 4. The van der Waals surface area contributed by atoms with Crippen LogP contribution in [0.15, 0.2) is 48.5 Å². The monoisotopic (exact) mass is 406 g/mol. The maximum absolute atomic E-state index is 12.7. The predicted octanol–water partition coefficient (Wildman–Crippen LogP) is 2.27. The summed E-state index contributed by atoms with van der Waals surface area (Å²) in [4.78, 5) is 28.7. The summed E-state index contributed by atoms with van der Waals surface area (Å²) in [7, 11) is 1.66. The summed E-state index contributed by atoms with van der Waals surface area (Å²) < 4.78 is 5.32. The maximum atomic E-state index is 12.7. The molecule has 0 aromatic heterocycles. The molecular formula is C24H26N2O4. The van der Waals surface area contributed by atoms with Crippen molar-refractivity contribution < 1.29 is 19.4 Å². The molecule has 1 N–H and O–H groups in total. The van der Waals surface area contributed by atoms with Gasteiger partial charge in [0.05, 0.1) is 32.3 Å². The third-order valence-corrected chi connectivity index (χ3v) is 6.69. The molecule has 0 spiro atoms. The predicted molar refractivity (Wildman–Crippen MR) is 112 cm³/mol. The van der Waals surface area contributed by atoms with Crippen LogP contribution in [0.25, 0.3) is 11.1 Å². The highest BCUT2D eigenvalue weighted by atomic mass is 16.5. The summed E-state index contributed by atoms with van der Waals surface area (Å²) in [5.41, 5.74) is 3.25. The Labute approximate surface area is 176 Å². The molecule has 2 heterocycles. The van der Waals surface area contributed by atoms with Gasteiger partial charge in [0.15, 0.2) is 0 Å². The summed E-state index contributed by atoms with van der Waals surface area (Å²) in [6.07, 6.45) is 1.87. The lowest BCUT2D eigenvalue weighted by atomic mass is 9.73. The van der Waals surface area contributed by atoms with Crippen molar-refractivity contribution in [3.63, 3.8) is 0 Å². The number of aliphatic hydroxyl groups is 1.